The molecule has 0 bridgehead atoms. The van der Waals surface area contributed by atoms with Gasteiger partial charge in [-0.25, -0.2) is 4.79 Å². The predicted molar refractivity (Wildman–Crippen MR) is 156 cm³/mol. The fourth-order valence-corrected chi connectivity index (χ4v) is 4.47. The largest absolute Gasteiger partial charge is 0.456 e. The lowest BCUT2D eigenvalue weighted by Crippen LogP contribution is -2.35. The SMILES string of the molecule is CO[C@H]1C[C@H](COCc2ccccc2)OC(=O)/C(C)=C/C(C)=C/C(C)=C/[C@@H](C)[C@H](O)/C=C/C(C)=C/CC[C@@H]1O. The van der Waals surface area contributed by atoms with Crippen LogP contribution < -0.4 is 0 Å². The number of allylic oxidation sites excluding steroid dienone is 7. The highest BCUT2D eigenvalue weighted by Crippen LogP contribution is 2.19. The third kappa shape index (κ3) is 12.3. The molecule has 0 saturated heterocycles. The zero-order valence-corrected chi connectivity index (χ0v) is 24.3. The Hall–Kier alpha value is -2.77. The number of cyclic esters (lactones) is 1. The lowest BCUT2D eigenvalue weighted by molar-refractivity contribution is -0.151. The molecule has 0 spiro atoms. The van der Waals surface area contributed by atoms with E-state index in [0.717, 1.165) is 22.3 Å². The summed E-state index contributed by atoms with van der Waals surface area (Å²) in [5, 5.41) is 21.4. The molecule has 2 N–H and O–H groups in total. The zero-order chi connectivity index (χ0) is 28.8. The number of rotatable bonds is 5. The minimum absolute atomic E-state index is 0.0836. The van der Waals surface area contributed by atoms with Crippen LogP contribution in [0.3, 0.4) is 0 Å². The number of esters is 1. The van der Waals surface area contributed by atoms with Crippen LogP contribution in [0.25, 0.3) is 0 Å². The lowest BCUT2D eigenvalue weighted by atomic mass is 9.99. The minimum atomic E-state index is -0.746. The van der Waals surface area contributed by atoms with E-state index in [4.69, 9.17) is 14.2 Å². The molecule has 1 aromatic rings. The van der Waals surface area contributed by atoms with E-state index in [9.17, 15) is 15.0 Å². The number of ether oxygens (including phenoxy) is 3. The summed E-state index contributed by atoms with van der Waals surface area (Å²) in [5.74, 6) is -0.524. The number of benzene rings is 1. The molecule has 1 heterocycles. The molecule has 0 aromatic heterocycles. The van der Waals surface area contributed by atoms with Crippen molar-refractivity contribution in [3.05, 3.63) is 94.6 Å². The molecule has 0 unspecified atom stereocenters. The van der Waals surface area contributed by atoms with Crippen LogP contribution in [-0.2, 0) is 25.6 Å². The second-order valence-corrected chi connectivity index (χ2v) is 10.5. The standard InChI is InChI=1S/C33H46O6/c1-23-11-10-14-31(35)32(37-6)20-29(22-38-21-28-12-8-7-9-13-28)39-33(36)27(5)19-25(3)17-24(2)18-26(4)30(34)16-15-23/h7-9,11-13,15-19,26,29-32,34-35H,10,14,20-22H2,1-6H3/b16-15+,23-11+,24-18+,25-17+,27-19+/t26-,29-,30-,31+,32+/m1/s1. The second-order valence-electron chi connectivity index (χ2n) is 10.5. The molecule has 6 nitrogen and oxygen atoms in total. The lowest BCUT2D eigenvalue weighted by Gasteiger charge is -2.26. The van der Waals surface area contributed by atoms with Gasteiger partial charge < -0.3 is 24.4 Å². The van der Waals surface area contributed by atoms with Gasteiger partial charge in [-0.15, -0.1) is 0 Å². The normalized spacial score (nSPS) is 32.7. The number of aliphatic hydroxyl groups excluding tert-OH is 2. The first-order valence-corrected chi connectivity index (χ1v) is 13.7. The summed E-state index contributed by atoms with van der Waals surface area (Å²) >= 11 is 0. The van der Waals surface area contributed by atoms with Crippen LogP contribution >= 0.6 is 0 Å². The second kappa shape index (κ2) is 17.0. The average molecular weight is 539 g/mol. The maximum absolute atomic E-state index is 13.0. The third-order valence-electron chi connectivity index (χ3n) is 6.69. The van der Waals surface area contributed by atoms with Crippen molar-refractivity contribution in [2.45, 2.75) is 84.9 Å². The van der Waals surface area contributed by atoms with Crippen LogP contribution in [0.5, 0.6) is 0 Å². The average Bonchev–Trinajstić information content (AvgIpc) is 2.89. The van der Waals surface area contributed by atoms with Gasteiger partial charge in [0.2, 0.25) is 0 Å². The van der Waals surface area contributed by atoms with Crippen molar-refractivity contribution in [2.75, 3.05) is 13.7 Å². The van der Waals surface area contributed by atoms with Crippen molar-refractivity contribution in [1.82, 2.24) is 0 Å². The first kappa shape index (κ1) is 32.4. The molecule has 214 valence electrons. The maximum Gasteiger partial charge on any atom is 0.334 e. The van der Waals surface area contributed by atoms with Gasteiger partial charge in [-0.1, -0.05) is 84.4 Å². The molecule has 5 atom stereocenters. The number of methoxy groups -OCH3 is 1. The third-order valence-corrected chi connectivity index (χ3v) is 6.69. The smallest absolute Gasteiger partial charge is 0.334 e. The van der Waals surface area contributed by atoms with Gasteiger partial charge in [0.25, 0.3) is 0 Å². The van der Waals surface area contributed by atoms with Crippen LogP contribution in [0.1, 0.15) is 59.4 Å². The molecule has 0 radical (unpaired) electrons. The Kier molecular flexibility index (Phi) is 14.2. The van der Waals surface area contributed by atoms with E-state index >= 15 is 0 Å². The highest BCUT2D eigenvalue weighted by molar-refractivity contribution is 5.88. The van der Waals surface area contributed by atoms with E-state index in [1.54, 1.807) is 26.2 Å². The summed E-state index contributed by atoms with van der Waals surface area (Å²) in [5.41, 5.74) is 4.39. The predicted octanol–water partition coefficient (Wildman–Crippen LogP) is 6.01. The van der Waals surface area contributed by atoms with Crippen LogP contribution in [0.15, 0.2) is 89.1 Å². The molecule has 2 rings (SSSR count). The van der Waals surface area contributed by atoms with Crippen molar-refractivity contribution in [3.8, 4) is 0 Å². The van der Waals surface area contributed by atoms with Gasteiger partial charge in [0, 0.05) is 25.0 Å². The zero-order valence-electron chi connectivity index (χ0n) is 24.3. The molecule has 0 saturated carbocycles. The Morgan fingerprint density at radius 3 is 2.41 bits per heavy atom. The van der Waals surface area contributed by atoms with Gasteiger partial charge in [0.05, 0.1) is 31.5 Å². The molecule has 0 fully saturated rings. The monoisotopic (exact) mass is 538 g/mol. The summed E-state index contributed by atoms with van der Waals surface area (Å²) in [6.45, 7) is 10.1. The number of hydrogen-bond donors (Lipinski definition) is 2. The number of aliphatic hydroxyl groups is 2. The molecule has 1 aliphatic rings. The van der Waals surface area contributed by atoms with Gasteiger partial charge in [0.15, 0.2) is 0 Å². The van der Waals surface area contributed by atoms with Crippen molar-refractivity contribution in [1.29, 1.82) is 0 Å². The fourth-order valence-electron chi connectivity index (χ4n) is 4.47. The van der Waals surface area contributed by atoms with Crippen molar-refractivity contribution < 1.29 is 29.2 Å². The van der Waals surface area contributed by atoms with Gasteiger partial charge in [-0.2, -0.15) is 0 Å². The highest BCUT2D eigenvalue weighted by atomic mass is 16.6. The molecule has 6 heteroatoms. The number of carbonyl (C=O) groups excluding carboxylic acids is 1. The Morgan fingerprint density at radius 1 is 1.00 bits per heavy atom. The van der Waals surface area contributed by atoms with Crippen LogP contribution in [0, 0.1) is 5.92 Å². The van der Waals surface area contributed by atoms with E-state index in [-0.39, 0.29) is 12.5 Å². The highest BCUT2D eigenvalue weighted by Gasteiger charge is 2.26. The Bertz CT molecular complexity index is 1050. The van der Waals surface area contributed by atoms with Crippen LogP contribution in [0.2, 0.25) is 0 Å². The summed E-state index contributed by atoms with van der Waals surface area (Å²) in [4.78, 5) is 13.0. The van der Waals surface area contributed by atoms with Crippen LogP contribution in [0.4, 0.5) is 0 Å². The summed E-state index contributed by atoms with van der Waals surface area (Å²) < 4.78 is 17.4. The summed E-state index contributed by atoms with van der Waals surface area (Å²) in [7, 11) is 1.55. The quantitative estimate of drug-likeness (QED) is 0.447. The van der Waals surface area contributed by atoms with Gasteiger partial charge in [-0.3, -0.25) is 0 Å². The first-order valence-electron chi connectivity index (χ1n) is 13.7. The van der Waals surface area contributed by atoms with Crippen molar-refractivity contribution >= 4 is 5.97 Å². The molecular formula is C33H46O6. The first-order chi connectivity index (χ1) is 18.6. The van der Waals surface area contributed by atoms with E-state index in [1.165, 1.54) is 0 Å². The molecule has 0 aliphatic carbocycles. The Balaban J connectivity index is 2.30. The van der Waals surface area contributed by atoms with Crippen molar-refractivity contribution in [3.63, 3.8) is 0 Å². The van der Waals surface area contributed by atoms with Gasteiger partial charge in [-0.05, 0) is 52.2 Å². The fraction of sp³-hybridized carbons (Fsp3) is 0.485. The molecule has 1 aromatic carbocycles. The maximum atomic E-state index is 13.0. The minimum Gasteiger partial charge on any atom is -0.456 e. The summed E-state index contributed by atoms with van der Waals surface area (Å²) in [6.07, 6.45) is 10.5. The number of carbonyl (C=O) groups is 1. The Morgan fingerprint density at radius 2 is 1.72 bits per heavy atom. The van der Waals surface area contributed by atoms with E-state index < -0.39 is 30.4 Å². The Labute approximate surface area is 234 Å². The molecule has 0 amide bonds. The van der Waals surface area contributed by atoms with Crippen molar-refractivity contribution in [2.24, 2.45) is 5.92 Å². The summed E-state index contributed by atoms with van der Waals surface area (Å²) in [6, 6.07) is 9.81. The van der Waals surface area contributed by atoms with E-state index in [0.29, 0.717) is 31.4 Å². The van der Waals surface area contributed by atoms with E-state index in [1.807, 2.05) is 82.3 Å². The van der Waals surface area contributed by atoms with Gasteiger partial charge >= 0.3 is 5.97 Å². The molecule has 1 aliphatic heterocycles. The van der Waals surface area contributed by atoms with Gasteiger partial charge in [0.1, 0.15) is 6.10 Å². The molecule has 39 heavy (non-hydrogen) atoms. The molecular weight excluding hydrogens is 492 g/mol. The van der Waals surface area contributed by atoms with E-state index in [2.05, 4.69) is 0 Å². The number of hydrogen-bond acceptors (Lipinski definition) is 6. The van der Waals surface area contributed by atoms with Crippen LogP contribution in [-0.4, -0.2) is 54.3 Å². The topological polar surface area (TPSA) is 85.2 Å².